The van der Waals surface area contributed by atoms with Crippen LogP contribution in [0.1, 0.15) is 16.8 Å². The number of aliphatic hydroxyl groups excluding tert-OH is 1. The minimum atomic E-state index is -0.628. The number of likely N-dealkylation sites (tertiary alicyclic amines) is 1. The van der Waals surface area contributed by atoms with Gasteiger partial charge in [-0.25, -0.2) is 0 Å². The number of amides is 1. The van der Waals surface area contributed by atoms with E-state index >= 15 is 0 Å². The lowest BCUT2D eigenvalue weighted by Crippen LogP contribution is -2.46. The Kier molecular flexibility index (Phi) is 2.94. The SMILES string of the molecule is N[C@@]1(CO)CCN(C(=O)c2cc[c]cc2)C1. The van der Waals surface area contributed by atoms with Crippen molar-refractivity contribution in [2.24, 2.45) is 5.73 Å². The topological polar surface area (TPSA) is 66.6 Å². The molecule has 0 aliphatic carbocycles. The summed E-state index contributed by atoms with van der Waals surface area (Å²) in [6.07, 6.45) is 0.647. The standard InChI is InChI=1S/C12H15N2O2/c13-12(9-15)6-7-14(8-12)11(16)10-4-2-1-3-5-10/h2-5,15H,6-9,13H2/t12-/m0/s1. The van der Waals surface area contributed by atoms with Crippen LogP contribution in [0.2, 0.25) is 0 Å². The zero-order chi connectivity index (χ0) is 11.6. The van der Waals surface area contributed by atoms with Crippen LogP contribution < -0.4 is 5.73 Å². The first-order valence-corrected chi connectivity index (χ1v) is 5.30. The number of aliphatic hydroxyl groups is 1. The predicted molar refractivity (Wildman–Crippen MR) is 59.8 cm³/mol. The van der Waals surface area contributed by atoms with Gasteiger partial charge in [-0.1, -0.05) is 12.1 Å². The van der Waals surface area contributed by atoms with Crippen molar-refractivity contribution in [2.75, 3.05) is 19.7 Å². The van der Waals surface area contributed by atoms with Crippen LogP contribution in [0.15, 0.2) is 24.3 Å². The van der Waals surface area contributed by atoms with E-state index in [4.69, 9.17) is 10.8 Å². The summed E-state index contributed by atoms with van der Waals surface area (Å²) in [6, 6.07) is 9.76. The van der Waals surface area contributed by atoms with Gasteiger partial charge in [-0.05, 0) is 24.6 Å². The number of hydrogen-bond donors (Lipinski definition) is 2. The third-order valence-corrected chi connectivity index (χ3v) is 2.95. The fraction of sp³-hybridized carbons (Fsp3) is 0.417. The van der Waals surface area contributed by atoms with E-state index in [9.17, 15) is 4.79 Å². The van der Waals surface area contributed by atoms with Crippen molar-refractivity contribution in [1.82, 2.24) is 4.90 Å². The fourth-order valence-electron chi connectivity index (χ4n) is 1.91. The molecule has 1 radical (unpaired) electrons. The molecule has 0 aromatic heterocycles. The van der Waals surface area contributed by atoms with E-state index in [1.807, 2.05) is 0 Å². The summed E-state index contributed by atoms with van der Waals surface area (Å²) >= 11 is 0. The summed E-state index contributed by atoms with van der Waals surface area (Å²) in [5.41, 5.74) is 5.93. The zero-order valence-electron chi connectivity index (χ0n) is 9.02. The number of rotatable bonds is 2. The molecule has 0 spiro atoms. The Hall–Kier alpha value is -1.39. The zero-order valence-corrected chi connectivity index (χ0v) is 9.02. The molecule has 85 valence electrons. The molecule has 1 aromatic carbocycles. The molecule has 1 aliphatic heterocycles. The van der Waals surface area contributed by atoms with Gasteiger partial charge < -0.3 is 15.7 Å². The Morgan fingerprint density at radius 3 is 2.81 bits per heavy atom. The van der Waals surface area contributed by atoms with Crippen LogP contribution in [0.25, 0.3) is 0 Å². The second-order valence-electron chi connectivity index (χ2n) is 4.29. The van der Waals surface area contributed by atoms with Gasteiger partial charge in [0.1, 0.15) is 0 Å². The second kappa shape index (κ2) is 4.23. The minimum Gasteiger partial charge on any atom is -0.394 e. The summed E-state index contributed by atoms with van der Waals surface area (Å²) in [5, 5.41) is 9.13. The van der Waals surface area contributed by atoms with Gasteiger partial charge in [-0.3, -0.25) is 4.79 Å². The largest absolute Gasteiger partial charge is 0.394 e. The third-order valence-electron chi connectivity index (χ3n) is 2.95. The van der Waals surface area contributed by atoms with Crippen molar-refractivity contribution in [3.63, 3.8) is 0 Å². The second-order valence-corrected chi connectivity index (χ2v) is 4.29. The molecule has 1 heterocycles. The molecule has 16 heavy (non-hydrogen) atoms. The van der Waals surface area contributed by atoms with E-state index in [1.165, 1.54) is 0 Å². The Bertz CT molecular complexity index is 380. The highest BCUT2D eigenvalue weighted by Gasteiger charge is 2.36. The lowest BCUT2D eigenvalue weighted by Gasteiger charge is -2.21. The van der Waals surface area contributed by atoms with E-state index in [0.717, 1.165) is 0 Å². The van der Waals surface area contributed by atoms with Gasteiger partial charge in [-0.2, -0.15) is 0 Å². The van der Waals surface area contributed by atoms with Gasteiger partial charge in [0.15, 0.2) is 0 Å². The number of carbonyl (C=O) groups is 1. The first kappa shape index (κ1) is 11.1. The van der Waals surface area contributed by atoms with Crippen molar-refractivity contribution in [2.45, 2.75) is 12.0 Å². The third kappa shape index (κ3) is 2.08. The number of benzene rings is 1. The molecule has 1 aliphatic rings. The van der Waals surface area contributed by atoms with Gasteiger partial charge in [0.05, 0.1) is 12.1 Å². The van der Waals surface area contributed by atoms with E-state index in [1.54, 1.807) is 29.2 Å². The molecule has 1 amide bonds. The van der Waals surface area contributed by atoms with Crippen LogP contribution in [0, 0.1) is 6.07 Å². The van der Waals surface area contributed by atoms with E-state index in [-0.39, 0.29) is 12.5 Å². The van der Waals surface area contributed by atoms with E-state index in [2.05, 4.69) is 6.07 Å². The van der Waals surface area contributed by atoms with Crippen LogP contribution >= 0.6 is 0 Å². The average molecular weight is 219 g/mol. The monoisotopic (exact) mass is 219 g/mol. The maximum atomic E-state index is 12.0. The lowest BCUT2D eigenvalue weighted by molar-refractivity contribution is 0.0775. The van der Waals surface area contributed by atoms with Crippen LogP contribution in [0.4, 0.5) is 0 Å². The molecule has 0 unspecified atom stereocenters. The summed E-state index contributed by atoms with van der Waals surface area (Å²) < 4.78 is 0. The molecule has 1 fully saturated rings. The van der Waals surface area contributed by atoms with E-state index < -0.39 is 5.54 Å². The maximum absolute atomic E-state index is 12.0. The molecule has 3 N–H and O–H groups in total. The molecule has 2 rings (SSSR count). The van der Waals surface area contributed by atoms with Crippen molar-refractivity contribution < 1.29 is 9.90 Å². The molecule has 1 saturated heterocycles. The minimum absolute atomic E-state index is 0.0326. The van der Waals surface area contributed by atoms with Crippen LogP contribution in [0.5, 0.6) is 0 Å². The molecule has 0 saturated carbocycles. The summed E-state index contributed by atoms with van der Waals surface area (Å²) in [7, 11) is 0. The first-order valence-electron chi connectivity index (χ1n) is 5.30. The highest BCUT2D eigenvalue weighted by Crippen LogP contribution is 2.20. The van der Waals surface area contributed by atoms with Gasteiger partial charge in [0, 0.05) is 18.7 Å². The van der Waals surface area contributed by atoms with Gasteiger partial charge >= 0.3 is 0 Å². The van der Waals surface area contributed by atoms with Crippen molar-refractivity contribution in [3.8, 4) is 0 Å². The van der Waals surface area contributed by atoms with Gasteiger partial charge in [0.2, 0.25) is 0 Å². The first-order chi connectivity index (χ1) is 7.64. The smallest absolute Gasteiger partial charge is 0.253 e. The lowest BCUT2D eigenvalue weighted by atomic mass is 10.0. The number of nitrogens with zero attached hydrogens (tertiary/aromatic N) is 1. The summed E-state index contributed by atoms with van der Waals surface area (Å²) in [5.74, 6) is -0.0326. The fourth-order valence-corrected chi connectivity index (χ4v) is 1.91. The predicted octanol–water partition coefficient (Wildman–Crippen LogP) is 0.0225. The number of carbonyl (C=O) groups excluding carboxylic acids is 1. The number of hydrogen-bond acceptors (Lipinski definition) is 3. The number of nitrogens with two attached hydrogens (primary N) is 1. The van der Waals surface area contributed by atoms with E-state index in [0.29, 0.717) is 25.1 Å². The maximum Gasteiger partial charge on any atom is 0.253 e. The summed E-state index contributed by atoms with van der Waals surface area (Å²) in [4.78, 5) is 13.7. The quantitative estimate of drug-likeness (QED) is 0.737. The highest BCUT2D eigenvalue weighted by atomic mass is 16.3. The molecule has 1 atom stereocenters. The average Bonchev–Trinajstić information content (AvgIpc) is 2.73. The van der Waals surface area contributed by atoms with Crippen LogP contribution in [0.3, 0.4) is 0 Å². The Balaban J connectivity index is 2.08. The molecule has 4 nitrogen and oxygen atoms in total. The molecule has 0 bridgehead atoms. The Labute approximate surface area is 94.7 Å². The Morgan fingerprint density at radius 2 is 2.25 bits per heavy atom. The van der Waals surface area contributed by atoms with Gasteiger partial charge in [0.25, 0.3) is 5.91 Å². The van der Waals surface area contributed by atoms with Crippen molar-refractivity contribution >= 4 is 5.91 Å². The summed E-state index contributed by atoms with van der Waals surface area (Å²) in [6.45, 7) is 0.939. The Morgan fingerprint density at radius 1 is 1.56 bits per heavy atom. The van der Waals surface area contributed by atoms with Gasteiger partial charge in [-0.15, -0.1) is 0 Å². The van der Waals surface area contributed by atoms with Crippen molar-refractivity contribution in [3.05, 3.63) is 35.9 Å². The molecule has 4 heteroatoms. The molecule has 1 aromatic rings. The highest BCUT2D eigenvalue weighted by molar-refractivity contribution is 5.94. The molecular weight excluding hydrogens is 204 g/mol. The van der Waals surface area contributed by atoms with Crippen LogP contribution in [-0.4, -0.2) is 41.1 Å². The normalized spacial score (nSPS) is 24.8. The molecular formula is C12H15N2O2. The van der Waals surface area contributed by atoms with Crippen LogP contribution in [-0.2, 0) is 0 Å². The van der Waals surface area contributed by atoms with Crippen molar-refractivity contribution in [1.29, 1.82) is 0 Å².